The van der Waals surface area contributed by atoms with Crippen LogP contribution in [0.25, 0.3) is 11.0 Å². The predicted octanol–water partition coefficient (Wildman–Crippen LogP) is 2.99. The van der Waals surface area contributed by atoms with Crippen molar-refractivity contribution in [2.75, 3.05) is 6.54 Å². The Morgan fingerprint density at radius 3 is 2.80 bits per heavy atom. The maximum atomic E-state index is 12.3. The number of rotatable bonds is 5. The smallest absolute Gasteiger partial charge is 0.306 e. The lowest BCUT2D eigenvalue weighted by Gasteiger charge is -2.28. The maximum Gasteiger partial charge on any atom is 0.306 e. The summed E-state index contributed by atoms with van der Waals surface area (Å²) in [5.74, 6) is -1.25. The lowest BCUT2D eigenvalue weighted by Crippen LogP contribution is -2.37. The number of aryl methyl sites for hydroxylation is 2. The molecule has 1 aliphatic rings. The number of fused-ring (bicyclic) bond motifs is 1. The fraction of sp³-hybridized carbons (Fsp3) is 0.526. The van der Waals surface area contributed by atoms with Gasteiger partial charge in [0.15, 0.2) is 5.58 Å². The highest BCUT2D eigenvalue weighted by molar-refractivity contribution is 5.88. The first-order valence-corrected chi connectivity index (χ1v) is 8.80. The van der Waals surface area contributed by atoms with E-state index < -0.39 is 5.97 Å². The van der Waals surface area contributed by atoms with Crippen molar-refractivity contribution in [2.45, 2.75) is 46.0 Å². The molecule has 1 saturated carbocycles. The van der Waals surface area contributed by atoms with Gasteiger partial charge in [-0.25, -0.2) is 0 Å². The van der Waals surface area contributed by atoms with Crippen molar-refractivity contribution in [3.05, 3.63) is 29.0 Å². The third kappa shape index (κ3) is 3.83. The standard InChI is InChI=1S/C19H24N2O4/c1-11-7-12(2)18-15(21-25-16(18)8-11)9-17(22)20-10-13-5-3-4-6-14(13)19(23)24/h7-8,13-14H,3-6,9-10H2,1-2H3,(H,20,22)(H,23,24)/t13-,14-/m0/s1. The van der Waals surface area contributed by atoms with Crippen LogP contribution in [0.2, 0.25) is 0 Å². The van der Waals surface area contributed by atoms with Crippen LogP contribution in [-0.2, 0) is 16.0 Å². The van der Waals surface area contributed by atoms with Crippen LogP contribution in [-0.4, -0.2) is 28.7 Å². The Bertz CT molecular complexity index is 796. The van der Waals surface area contributed by atoms with Gasteiger partial charge in [-0.05, 0) is 49.8 Å². The Labute approximate surface area is 146 Å². The number of carboxylic acids is 1. The fourth-order valence-electron chi connectivity index (χ4n) is 3.88. The summed E-state index contributed by atoms with van der Waals surface area (Å²) in [6, 6.07) is 3.96. The molecule has 1 amide bonds. The molecule has 6 heteroatoms. The van der Waals surface area contributed by atoms with Crippen LogP contribution in [0.3, 0.4) is 0 Å². The minimum Gasteiger partial charge on any atom is -0.481 e. The molecule has 2 atom stereocenters. The molecule has 0 aliphatic heterocycles. The molecule has 0 unspecified atom stereocenters. The molecule has 1 heterocycles. The van der Waals surface area contributed by atoms with E-state index in [1.165, 1.54) is 0 Å². The van der Waals surface area contributed by atoms with Crippen molar-refractivity contribution in [3.8, 4) is 0 Å². The second-order valence-electron chi connectivity index (χ2n) is 7.05. The summed E-state index contributed by atoms with van der Waals surface area (Å²) >= 11 is 0. The fourth-order valence-corrected chi connectivity index (χ4v) is 3.88. The van der Waals surface area contributed by atoms with E-state index in [4.69, 9.17) is 4.52 Å². The van der Waals surface area contributed by atoms with Crippen molar-refractivity contribution >= 4 is 22.8 Å². The van der Waals surface area contributed by atoms with Crippen LogP contribution in [0, 0.1) is 25.7 Å². The summed E-state index contributed by atoms with van der Waals surface area (Å²) in [6.07, 6.45) is 3.66. The Balaban J connectivity index is 1.64. The van der Waals surface area contributed by atoms with Gasteiger partial charge in [-0.3, -0.25) is 9.59 Å². The summed E-state index contributed by atoms with van der Waals surface area (Å²) in [4.78, 5) is 23.7. The minimum atomic E-state index is -0.757. The number of carbonyl (C=O) groups excluding carboxylic acids is 1. The van der Waals surface area contributed by atoms with Gasteiger partial charge in [-0.1, -0.05) is 24.1 Å². The molecule has 0 bridgehead atoms. The lowest BCUT2D eigenvalue weighted by molar-refractivity contribution is -0.145. The number of aromatic nitrogens is 1. The molecule has 25 heavy (non-hydrogen) atoms. The van der Waals surface area contributed by atoms with Crippen LogP contribution in [0.4, 0.5) is 0 Å². The molecule has 1 fully saturated rings. The molecule has 6 nitrogen and oxygen atoms in total. The summed E-state index contributed by atoms with van der Waals surface area (Å²) < 4.78 is 5.35. The zero-order valence-electron chi connectivity index (χ0n) is 14.7. The quantitative estimate of drug-likeness (QED) is 0.870. The number of nitrogens with zero attached hydrogens (tertiary/aromatic N) is 1. The topological polar surface area (TPSA) is 92.4 Å². The van der Waals surface area contributed by atoms with Crippen molar-refractivity contribution < 1.29 is 19.2 Å². The van der Waals surface area contributed by atoms with Gasteiger partial charge in [-0.15, -0.1) is 0 Å². The third-order valence-electron chi connectivity index (χ3n) is 5.10. The average molecular weight is 344 g/mol. The highest BCUT2D eigenvalue weighted by atomic mass is 16.5. The number of carbonyl (C=O) groups is 2. The zero-order valence-corrected chi connectivity index (χ0v) is 14.7. The van der Waals surface area contributed by atoms with Gasteiger partial charge < -0.3 is 14.9 Å². The molecule has 2 N–H and O–H groups in total. The van der Waals surface area contributed by atoms with Gasteiger partial charge in [-0.2, -0.15) is 0 Å². The highest BCUT2D eigenvalue weighted by Gasteiger charge is 2.30. The van der Waals surface area contributed by atoms with Crippen LogP contribution in [0.15, 0.2) is 16.7 Å². The van der Waals surface area contributed by atoms with Crippen LogP contribution in [0.1, 0.15) is 42.5 Å². The molecule has 1 aromatic heterocycles. The molecule has 3 rings (SSSR count). The van der Waals surface area contributed by atoms with Gasteiger partial charge in [0, 0.05) is 11.9 Å². The number of carboxylic acid groups (broad SMARTS) is 1. The minimum absolute atomic E-state index is 0.00800. The lowest BCUT2D eigenvalue weighted by atomic mass is 9.79. The summed E-state index contributed by atoms with van der Waals surface area (Å²) in [7, 11) is 0. The summed E-state index contributed by atoms with van der Waals surface area (Å²) in [6.45, 7) is 4.38. The SMILES string of the molecule is Cc1cc(C)c2c(CC(=O)NC[C@@H]3CCCC[C@@H]3C(=O)O)noc2c1. The molecule has 2 aromatic rings. The third-order valence-corrected chi connectivity index (χ3v) is 5.10. The van der Waals surface area contributed by atoms with Crippen molar-refractivity contribution in [1.82, 2.24) is 10.5 Å². The van der Waals surface area contributed by atoms with Gasteiger partial charge in [0.05, 0.1) is 12.3 Å². The first-order chi connectivity index (χ1) is 12.0. The molecule has 0 spiro atoms. The van der Waals surface area contributed by atoms with Gasteiger partial charge in [0.25, 0.3) is 0 Å². The largest absolute Gasteiger partial charge is 0.481 e. The van der Waals surface area contributed by atoms with Gasteiger partial charge in [0.2, 0.25) is 5.91 Å². The van der Waals surface area contributed by atoms with Crippen LogP contribution >= 0.6 is 0 Å². The number of nitrogens with one attached hydrogen (secondary N) is 1. The van der Waals surface area contributed by atoms with E-state index in [1.54, 1.807) is 0 Å². The van der Waals surface area contributed by atoms with E-state index in [0.29, 0.717) is 24.2 Å². The van der Waals surface area contributed by atoms with Gasteiger partial charge in [0.1, 0.15) is 5.69 Å². The Morgan fingerprint density at radius 2 is 2.04 bits per heavy atom. The Morgan fingerprint density at radius 1 is 1.28 bits per heavy atom. The summed E-state index contributed by atoms with van der Waals surface area (Å²) in [5, 5.41) is 17.1. The first-order valence-electron chi connectivity index (χ1n) is 8.80. The molecule has 1 aromatic carbocycles. The number of hydrogen-bond acceptors (Lipinski definition) is 4. The number of hydrogen-bond donors (Lipinski definition) is 2. The van der Waals surface area contributed by atoms with E-state index in [-0.39, 0.29) is 24.2 Å². The highest BCUT2D eigenvalue weighted by Crippen LogP contribution is 2.30. The second-order valence-corrected chi connectivity index (χ2v) is 7.05. The van der Waals surface area contributed by atoms with Crippen LogP contribution < -0.4 is 5.32 Å². The zero-order chi connectivity index (χ0) is 18.0. The molecule has 0 radical (unpaired) electrons. The van der Waals surface area contributed by atoms with Crippen molar-refractivity contribution in [3.63, 3.8) is 0 Å². The predicted molar refractivity (Wildman–Crippen MR) is 93.3 cm³/mol. The van der Waals surface area contributed by atoms with E-state index in [0.717, 1.165) is 35.8 Å². The molecule has 1 aliphatic carbocycles. The van der Waals surface area contributed by atoms with E-state index in [9.17, 15) is 14.7 Å². The normalized spacial score (nSPS) is 20.6. The number of aliphatic carboxylic acids is 1. The van der Waals surface area contributed by atoms with E-state index >= 15 is 0 Å². The second kappa shape index (κ2) is 7.25. The molecule has 0 saturated heterocycles. The van der Waals surface area contributed by atoms with Crippen molar-refractivity contribution in [2.24, 2.45) is 11.8 Å². The van der Waals surface area contributed by atoms with Crippen LogP contribution in [0.5, 0.6) is 0 Å². The molecule has 134 valence electrons. The van der Waals surface area contributed by atoms with E-state index in [2.05, 4.69) is 10.5 Å². The number of amides is 1. The first kappa shape index (κ1) is 17.5. The summed E-state index contributed by atoms with van der Waals surface area (Å²) in [5.41, 5.74) is 3.45. The Kier molecular flexibility index (Phi) is 5.06. The molecular weight excluding hydrogens is 320 g/mol. The monoisotopic (exact) mass is 344 g/mol. The average Bonchev–Trinajstić information content (AvgIpc) is 2.96. The van der Waals surface area contributed by atoms with E-state index in [1.807, 2.05) is 26.0 Å². The Hall–Kier alpha value is -2.37. The maximum absolute atomic E-state index is 12.3. The van der Waals surface area contributed by atoms with Crippen molar-refractivity contribution in [1.29, 1.82) is 0 Å². The molecular formula is C19H24N2O4. The van der Waals surface area contributed by atoms with Gasteiger partial charge >= 0.3 is 5.97 Å². The number of benzene rings is 1.